The van der Waals surface area contributed by atoms with Gasteiger partial charge in [-0.15, -0.1) is 0 Å². The highest BCUT2D eigenvalue weighted by atomic mass is 35.5. The Labute approximate surface area is 190 Å². The van der Waals surface area contributed by atoms with Gasteiger partial charge < -0.3 is 25.6 Å². The number of carbonyl (C=O) groups excluding carboxylic acids is 3. The molecule has 2 aromatic carbocycles. The van der Waals surface area contributed by atoms with Crippen LogP contribution >= 0.6 is 11.6 Å². The first kappa shape index (κ1) is 23.3. The second-order valence-electron chi connectivity index (χ2n) is 7.38. The number of methoxy groups -OCH3 is 1. The van der Waals surface area contributed by atoms with Crippen LogP contribution in [0.15, 0.2) is 42.5 Å². The lowest BCUT2D eigenvalue weighted by atomic mass is 9.97. The summed E-state index contributed by atoms with van der Waals surface area (Å²) >= 11 is 5.93. The summed E-state index contributed by atoms with van der Waals surface area (Å²) in [4.78, 5) is 38.4. The highest BCUT2D eigenvalue weighted by Gasteiger charge is 2.24. The number of likely N-dealkylation sites (tertiary alicyclic amines) is 1. The number of anilines is 2. The first-order valence-corrected chi connectivity index (χ1v) is 10.5. The number of hydrogen-bond donors (Lipinski definition) is 3. The van der Waals surface area contributed by atoms with E-state index in [1.807, 2.05) is 0 Å². The number of nitrogens with zero attached hydrogens (tertiary/aromatic N) is 1. The van der Waals surface area contributed by atoms with Crippen LogP contribution in [0.2, 0.25) is 5.02 Å². The van der Waals surface area contributed by atoms with E-state index < -0.39 is 11.8 Å². The van der Waals surface area contributed by atoms with Crippen molar-refractivity contribution >= 4 is 40.8 Å². The van der Waals surface area contributed by atoms with Crippen LogP contribution in [0.25, 0.3) is 0 Å². The van der Waals surface area contributed by atoms with E-state index in [0.29, 0.717) is 54.6 Å². The highest BCUT2D eigenvalue weighted by Crippen LogP contribution is 2.27. The van der Waals surface area contributed by atoms with Gasteiger partial charge in [-0.3, -0.25) is 9.59 Å². The maximum Gasteiger partial charge on any atom is 0.321 e. The number of carbonyl (C=O) groups is 3. The van der Waals surface area contributed by atoms with Crippen molar-refractivity contribution in [3.05, 3.63) is 53.3 Å². The van der Waals surface area contributed by atoms with Crippen molar-refractivity contribution < 1.29 is 23.5 Å². The average Bonchev–Trinajstić information content (AvgIpc) is 2.79. The van der Waals surface area contributed by atoms with Gasteiger partial charge >= 0.3 is 17.8 Å². The van der Waals surface area contributed by atoms with Crippen molar-refractivity contribution in [2.75, 3.05) is 37.4 Å². The normalized spacial score (nSPS) is 13.9. The minimum absolute atomic E-state index is 0.141. The highest BCUT2D eigenvalue weighted by molar-refractivity contribution is 6.40. The summed E-state index contributed by atoms with van der Waals surface area (Å²) in [7, 11) is 1.45. The maximum atomic E-state index is 13.0. The lowest BCUT2D eigenvalue weighted by Crippen LogP contribution is -2.44. The Bertz CT molecular complexity index is 978. The smallest absolute Gasteiger partial charge is 0.321 e. The van der Waals surface area contributed by atoms with Gasteiger partial charge in [-0.25, -0.2) is 9.18 Å². The van der Waals surface area contributed by atoms with E-state index in [4.69, 9.17) is 16.3 Å². The van der Waals surface area contributed by atoms with Gasteiger partial charge in [-0.05, 0) is 61.2 Å². The van der Waals surface area contributed by atoms with Crippen LogP contribution in [0.4, 0.5) is 20.6 Å². The van der Waals surface area contributed by atoms with Crippen LogP contribution in [0.3, 0.4) is 0 Å². The molecule has 10 heteroatoms. The lowest BCUT2D eigenvalue weighted by molar-refractivity contribution is -0.136. The molecule has 32 heavy (non-hydrogen) atoms. The average molecular weight is 463 g/mol. The predicted octanol–water partition coefficient (Wildman–Crippen LogP) is 3.49. The summed E-state index contributed by atoms with van der Waals surface area (Å²) in [6, 6.07) is 10.0. The largest absolute Gasteiger partial charge is 0.495 e. The molecule has 3 rings (SSSR count). The topological polar surface area (TPSA) is 99.8 Å². The van der Waals surface area contributed by atoms with Crippen LogP contribution < -0.4 is 20.7 Å². The van der Waals surface area contributed by atoms with Crippen LogP contribution in [-0.4, -0.2) is 49.5 Å². The van der Waals surface area contributed by atoms with Crippen molar-refractivity contribution in [1.29, 1.82) is 0 Å². The predicted molar refractivity (Wildman–Crippen MR) is 119 cm³/mol. The molecular formula is C22H24ClFN4O4. The minimum atomic E-state index is -0.818. The van der Waals surface area contributed by atoms with Gasteiger partial charge in [0.1, 0.15) is 11.6 Å². The Morgan fingerprint density at radius 1 is 1.06 bits per heavy atom. The first-order valence-electron chi connectivity index (χ1n) is 10.1. The van der Waals surface area contributed by atoms with Gasteiger partial charge in [0.25, 0.3) is 0 Å². The zero-order valence-electron chi connectivity index (χ0n) is 17.5. The molecule has 0 saturated carbocycles. The van der Waals surface area contributed by atoms with Gasteiger partial charge in [0.2, 0.25) is 0 Å². The van der Waals surface area contributed by atoms with E-state index in [0.717, 1.165) is 0 Å². The Kier molecular flexibility index (Phi) is 7.88. The van der Waals surface area contributed by atoms with Crippen molar-refractivity contribution in [3.63, 3.8) is 0 Å². The van der Waals surface area contributed by atoms with E-state index in [1.165, 1.54) is 37.4 Å². The van der Waals surface area contributed by atoms with Crippen LogP contribution in [0.5, 0.6) is 5.75 Å². The quantitative estimate of drug-likeness (QED) is 0.592. The number of benzene rings is 2. The molecule has 8 nitrogen and oxygen atoms in total. The second kappa shape index (κ2) is 10.8. The number of hydrogen-bond acceptors (Lipinski definition) is 4. The molecule has 1 saturated heterocycles. The van der Waals surface area contributed by atoms with Gasteiger partial charge in [0.05, 0.1) is 12.8 Å². The summed E-state index contributed by atoms with van der Waals surface area (Å²) in [5, 5.41) is 8.26. The molecule has 2 aromatic rings. The third-order valence-electron chi connectivity index (χ3n) is 5.16. The summed E-state index contributed by atoms with van der Waals surface area (Å²) < 4.78 is 18.1. The summed E-state index contributed by atoms with van der Waals surface area (Å²) in [6.45, 7) is 1.35. The number of amides is 4. The lowest BCUT2D eigenvalue weighted by Gasteiger charge is -2.32. The number of nitrogens with one attached hydrogen (secondary N) is 3. The van der Waals surface area contributed by atoms with E-state index in [1.54, 1.807) is 17.0 Å². The molecule has 1 heterocycles. The van der Waals surface area contributed by atoms with E-state index in [-0.39, 0.29) is 17.8 Å². The van der Waals surface area contributed by atoms with E-state index in [2.05, 4.69) is 16.0 Å². The molecule has 4 amide bonds. The van der Waals surface area contributed by atoms with E-state index in [9.17, 15) is 18.8 Å². The molecule has 0 aliphatic carbocycles. The third-order valence-corrected chi connectivity index (χ3v) is 5.40. The van der Waals surface area contributed by atoms with Gasteiger partial charge in [0, 0.05) is 30.3 Å². The Morgan fingerprint density at radius 3 is 2.41 bits per heavy atom. The third kappa shape index (κ3) is 6.34. The number of urea groups is 1. The van der Waals surface area contributed by atoms with Gasteiger partial charge in [-0.1, -0.05) is 11.6 Å². The SMILES string of the molecule is COc1ccc(Cl)cc1NC(=O)C(=O)NCC1CCN(C(=O)Nc2ccc(F)cc2)CC1. The van der Waals surface area contributed by atoms with Crippen molar-refractivity contribution in [3.8, 4) is 5.75 Å². The van der Waals surface area contributed by atoms with Crippen molar-refractivity contribution in [1.82, 2.24) is 10.2 Å². The molecule has 0 spiro atoms. The molecule has 1 aliphatic heterocycles. The molecule has 0 unspecified atom stereocenters. The fourth-order valence-electron chi connectivity index (χ4n) is 3.35. The maximum absolute atomic E-state index is 13.0. The fraction of sp³-hybridized carbons (Fsp3) is 0.318. The van der Waals surface area contributed by atoms with Gasteiger partial charge in [0.15, 0.2) is 0 Å². The number of rotatable bonds is 5. The molecule has 0 radical (unpaired) electrons. The zero-order chi connectivity index (χ0) is 23.1. The Balaban J connectivity index is 1.42. The summed E-state index contributed by atoms with van der Waals surface area (Å²) in [5.74, 6) is -1.42. The molecule has 0 atom stereocenters. The number of ether oxygens (including phenoxy) is 1. The Hall–Kier alpha value is -3.33. The standard InChI is InChI=1S/C22H24ClFN4O4/c1-32-19-7-2-15(23)12-18(19)27-21(30)20(29)25-13-14-8-10-28(11-9-14)22(31)26-17-5-3-16(24)4-6-17/h2-7,12,14H,8-11,13H2,1H3,(H,25,29)(H,26,31)(H,27,30). The molecule has 1 aliphatic rings. The molecule has 0 aromatic heterocycles. The van der Waals surface area contributed by atoms with Crippen molar-refractivity contribution in [2.45, 2.75) is 12.8 Å². The van der Waals surface area contributed by atoms with Gasteiger partial charge in [-0.2, -0.15) is 0 Å². The number of piperidine rings is 1. The fourth-order valence-corrected chi connectivity index (χ4v) is 3.52. The molecule has 0 bridgehead atoms. The minimum Gasteiger partial charge on any atom is -0.495 e. The zero-order valence-corrected chi connectivity index (χ0v) is 18.2. The van der Waals surface area contributed by atoms with Crippen LogP contribution in [0.1, 0.15) is 12.8 Å². The number of halogens is 2. The molecule has 3 N–H and O–H groups in total. The van der Waals surface area contributed by atoms with E-state index >= 15 is 0 Å². The Morgan fingerprint density at radius 2 is 1.75 bits per heavy atom. The van der Waals surface area contributed by atoms with Crippen LogP contribution in [0, 0.1) is 11.7 Å². The second-order valence-corrected chi connectivity index (χ2v) is 7.81. The van der Waals surface area contributed by atoms with Crippen LogP contribution in [-0.2, 0) is 9.59 Å². The molecular weight excluding hydrogens is 439 g/mol. The monoisotopic (exact) mass is 462 g/mol. The first-order chi connectivity index (χ1) is 15.4. The molecule has 170 valence electrons. The summed E-state index contributed by atoms with van der Waals surface area (Å²) in [5.41, 5.74) is 0.828. The summed E-state index contributed by atoms with van der Waals surface area (Å²) in [6.07, 6.45) is 1.36. The van der Waals surface area contributed by atoms with Crippen molar-refractivity contribution in [2.24, 2.45) is 5.92 Å². The molecule has 1 fully saturated rings.